The van der Waals surface area contributed by atoms with Crippen LogP contribution in [0.3, 0.4) is 0 Å². The summed E-state index contributed by atoms with van der Waals surface area (Å²) in [5.41, 5.74) is 0.547. The van der Waals surface area contributed by atoms with E-state index in [1.807, 2.05) is 17.0 Å². The molecule has 1 aliphatic heterocycles. The molecule has 20 heavy (non-hydrogen) atoms. The fourth-order valence-electron chi connectivity index (χ4n) is 3.70. The summed E-state index contributed by atoms with van der Waals surface area (Å²) in [6, 6.07) is 7.00. The summed E-state index contributed by atoms with van der Waals surface area (Å²) in [7, 11) is 0. The molecule has 4 heteroatoms. The molecule has 2 fully saturated rings. The lowest BCUT2D eigenvalue weighted by Crippen LogP contribution is -2.40. The Morgan fingerprint density at radius 2 is 2.00 bits per heavy atom. The van der Waals surface area contributed by atoms with Gasteiger partial charge >= 0.3 is 0 Å². The number of carbonyl (C=O) groups is 1. The van der Waals surface area contributed by atoms with Crippen LogP contribution in [0.15, 0.2) is 24.3 Å². The van der Waals surface area contributed by atoms with E-state index in [0.29, 0.717) is 19.5 Å². The molecular weight excluding hydrogens is 277 g/mol. The molecule has 1 aliphatic carbocycles. The van der Waals surface area contributed by atoms with E-state index >= 15 is 0 Å². The van der Waals surface area contributed by atoms with Gasteiger partial charge in [-0.3, -0.25) is 4.79 Å². The van der Waals surface area contributed by atoms with Crippen LogP contribution in [0, 0.1) is 5.82 Å². The van der Waals surface area contributed by atoms with Crippen molar-refractivity contribution in [3.05, 3.63) is 35.6 Å². The number of amides is 1. The van der Waals surface area contributed by atoms with Gasteiger partial charge < -0.3 is 4.90 Å². The molecule has 1 saturated carbocycles. The highest BCUT2D eigenvalue weighted by molar-refractivity contribution is 6.22. The number of alkyl halides is 1. The number of carbonyl (C=O) groups excluding carboxylic acids is 1. The Bertz CT molecular complexity index is 513. The van der Waals surface area contributed by atoms with Crippen LogP contribution in [0.4, 0.5) is 4.39 Å². The first-order chi connectivity index (χ1) is 9.61. The van der Waals surface area contributed by atoms with E-state index < -0.39 is 0 Å². The lowest BCUT2D eigenvalue weighted by molar-refractivity contribution is -0.128. The zero-order valence-electron chi connectivity index (χ0n) is 11.4. The van der Waals surface area contributed by atoms with Crippen LogP contribution in [0.25, 0.3) is 0 Å². The lowest BCUT2D eigenvalue weighted by atomic mass is 9.78. The highest BCUT2D eigenvalue weighted by Crippen LogP contribution is 2.43. The van der Waals surface area contributed by atoms with Crippen LogP contribution in [0.2, 0.25) is 0 Å². The Balaban J connectivity index is 1.89. The third-order valence-corrected chi connectivity index (χ3v) is 4.96. The van der Waals surface area contributed by atoms with Gasteiger partial charge in [-0.05, 0) is 24.5 Å². The molecule has 0 bridgehead atoms. The van der Waals surface area contributed by atoms with Gasteiger partial charge in [-0.15, -0.1) is 11.6 Å². The highest BCUT2D eigenvalue weighted by Gasteiger charge is 2.42. The molecule has 2 nitrogen and oxygen atoms in total. The van der Waals surface area contributed by atoms with Crippen molar-refractivity contribution in [3.8, 4) is 0 Å². The van der Waals surface area contributed by atoms with E-state index in [2.05, 4.69) is 0 Å². The van der Waals surface area contributed by atoms with Gasteiger partial charge in [0.2, 0.25) is 5.91 Å². The number of likely N-dealkylation sites (tertiary alicyclic amines) is 1. The van der Waals surface area contributed by atoms with E-state index in [1.165, 1.54) is 6.07 Å². The molecule has 1 saturated heterocycles. The van der Waals surface area contributed by atoms with Gasteiger partial charge in [-0.1, -0.05) is 31.0 Å². The molecule has 1 amide bonds. The maximum atomic E-state index is 14.2. The van der Waals surface area contributed by atoms with Crippen molar-refractivity contribution < 1.29 is 9.18 Å². The van der Waals surface area contributed by atoms with Crippen LogP contribution in [-0.4, -0.2) is 29.3 Å². The van der Waals surface area contributed by atoms with E-state index in [4.69, 9.17) is 11.6 Å². The standard InChI is InChI=1S/C16H19ClFNO/c17-12-9-15(20)19(10-12)11-16(7-3-4-8-16)13-5-1-2-6-14(13)18/h1-2,5-6,12H,3-4,7-11H2. The van der Waals surface area contributed by atoms with Crippen LogP contribution in [0.5, 0.6) is 0 Å². The molecule has 0 spiro atoms. The topological polar surface area (TPSA) is 20.3 Å². The predicted molar refractivity (Wildman–Crippen MR) is 77.4 cm³/mol. The molecule has 1 atom stereocenters. The Labute approximate surface area is 123 Å². The molecule has 1 unspecified atom stereocenters. The van der Waals surface area contributed by atoms with Crippen molar-refractivity contribution in [1.82, 2.24) is 4.90 Å². The second-order valence-corrected chi connectivity index (χ2v) is 6.66. The minimum Gasteiger partial charge on any atom is -0.340 e. The summed E-state index contributed by atoms with van der Waals surface area (Å²) in [6.45, 7) is 1.20. The summed E-state index contributed by atoms with van der Waals surface area (Å²) in [5, 5.41) is -0.0958. The van der Waals surface area contributed by atoms with Crippen molar-refractivity contribution in [2.75, 3.05) is 13.1 Å². The molecule has 0 aromatic heterocycles. The third kappa shape index (κ3) is 2.44. The summed E-state index contributed by atoms with van der Waals surface area (Å²) >= 11 is 6.07. The molecular formula is C16H19ClFNO. The van der Waals surface area contributed by atoms with Crippen molar-refractivity contribution in [1.29, 1.82) is 0 Å². The van der Waals surface area contributed by atoms with Gasteiger partial charge in [0, 0.05) is 24.9 Å². The summed E-state index contributed by atoms with van der Waals surface area (Å²) in [4.78, 5) is 13.8. The predicted octanol–water partition coefficient (Wildman–Crippen LogP) is 3.48. The second-order valence-electron chi connectivity index (χ2n) is 6.04. The Morgan fingerprint density at radius 3 is 2.60 bits per heavy atom. The Morgan fingerprint density at radius 1 is 1.30 bits per heavy atom. The summed E-state index contributed by atoms with van der Waals surface area (Å²) in [5.74, 6) is -0.0453. The van der Waals surface area contributed by atoms with E-state index in [0.717, 1.165) is 31.2 Å². The molecule has 0 radical (unpaired) electrons. The zero-order chi connectivity index (χ0) is 14.2. The monoisotopic (exact) mass is 295 g/mol. The Hall–Kier alpha value is -1.09. The normalized spacial score (nSPS) is 25.4. The van der Waals surface area contributed by atoms with E-state index in [9.17, 15) is 9.18 Å². The fraction of sp³-hybridized carbons (Fsp3) is 0.562. The molecule has 1 heterocycles. The smallest absolute Gasteiger partial charge is 0.224 e. The first kappa shape index (κ1) is 13.9. The second kappa shape index (κ2) is 5.36. The minimum atomic E-state index is -0.220. The molecule has 3 rings (SSSR count). The van der Waals surface area contributed by atoms with Crippen LogP contribution in [-0.2, 0) is 10.2 Å². The Kier molecular flexibility index (Phi) is 3.72. The van der Waals surface area contributed by atoms with Gasteiger partial charge in [0.25, 0.3) is 0 Å². The van der Waals surface area contributed by atoms with Gasteiger partial charge in [0.05, 0.1) is 5.38 Å². The number of hydrogen-bond acceptors (Lipinski definition) is 1. The summed E-state index contributed by atoms with van der Waals surface area (Å²) in [6.07, 6.45) is 4.51. The first-order valence-electron chi connectivity index (χ1n) is 7.28. The number of halogens is 2. The number of nitrogens with zero attached hydrogens (tertiary/aromatic N) is 1. The van der Waals surface area contributed by atoms with E-state index in [1.54, 1.807) is 6.07 Å². The first-order valence-corrected chi connectivity index (χ1v) is 7.71. The number of benzene rings is 1. The SMILES string of the molecule is O=C1CC(Cl)CN1CC1(c2ccccc2F)CCCC1. The van der Waals surface area contributed by atoms with Gasteiger partial charge in [0.15, 0.2) is 0 Å². The maximum absolute atomic E-state index is 14.2. The van der Waals surface area contributed by atoms with Gasteiger partial charge in [0.1, 0.15) is 5.82 Å². The quantitative estimate of drug-likeness (QED) is 0.782. The lowest BCUT2D eigenvalue weighted by Gasteiger charge is -2.34. The molecule has 108 valence electrons. The van der Waals surface area contributed by atoms with Crippen molar-refractivity contribution in [3.63, 3.8) is 0 Å². The van der Waals surface area contributed by atoms with Crippen LogP contribution < -0.4 is 0 Å². The third-order valence-electron chi connectivity index (χ3n) is 4.67. The molecule has 0 N–H and O–H groups in total. The minimum absolute atomic E-state index is 0.0958. The average Bonchev–Trinajstić information content (AvgIpc) is 2.99. The largest absolute Gasteiger partial charge is 0.340 e. The molecule has 1 aromatic carbocycles. The summed E-state index contributed by atoms with van der Waals surface area (Å²) < 4.78 is 14.2. The fourth-order valence-corrected chi connectivity index (χ4v) is 4.00. The van der Waals surface area contributed by atoms with Crippen molar-refractivity contribution in [2.45, 2.75) is 42.9 Å². The van der Waals surface area contributed by atoms with Crippen LogP contribution in [0.1, 0.15) is 37.7 Å². The number of hydrogen-bond donors (Lipinski definition) is 0. The van der Waals surface area contributed by atoms with Crippen molar-refractivity contribution >= 4 is 17.5 Å². The maximum Gasteiger partial charge on any atom is 0.224 e. The molecule has 2 aliphatic rings. The zero-order valence-corrected chi connectivity index (χ0v) is 12.2. The molecule has 1 aromatic rings. The van der Waals surface area contributed by atoms with Crippen LogP contribution >= 0.6 is 11.6 Å². The van der Waals surface area contributed by atoms with Gasteiger partial charge in [-0.25, -0.2) is 4.39 Å². The van der Waals surface area contributed by atoms with E-state index in [-0.39, 0.29) is 22.5 Å². The van der Waals surface area contributed by atoms with Crippen molar-refractivity contribution in [2.24, 2.45) is 0 Å². The number of rotatable bonds is 3. The highest BCUT2D eigenvalue weighted by atomic mass is 35.5. The van der Waals surface area contributed by atoms with Gasteiger partial charge in [-0.2, -0.15) is 0 Å². The average molecular weight is 296 g/mol.